The maximum atomic E-state index is 11.6. The fourth-order valence-electron chi connectivity index (χ4n) is 6.29. The molecule has 15 nitrogen and oxygen atoms in total. The van der Waals surface area contributed by atoms with Crippen molar-refractivity contribution in [2.75, 3.05) is 19.6 Å². The minimum Gasteiger partial charge on any atom is -0.545 e. The second-order valence-electron chi connectivity index (χ2n) is 19.5. The van der Waals surface area contributed by atoms with Crippen molar-refractivity contribution in [2.45, 2.75) is 214 Å². The summed E-state index contributed by atoms with van der Waals surface area (Å²) < 4.78 is 10.1. The van der Waals surface area contributed by atoms with Crippen LogP contribution in [0.1, 0.15) is 169 Å². The molecule has 81 heavy (non-hydrogen) atoms. The van der Waals surface area contributed by atoms with E-state index in [9.17, 15) is 19.2 Å². The van der Waals surface area contributed by atoms with Crippen molar-refractivity contribution in [3.63, 3.8) is 0 Å². The zero-order chi connectivity index (χ0) is 62.2. The molecule has 9 N–H and O–H groups in total. The van der Waals surface area contributed by atoms with Gasteiger partial charge in [0, 0.05) is 129 Å². The molecule has 456 valence electrons. The van der Waals surface area contributed by atoms with Crippen LogP contribution in [0.2, 0.25) is 0 Å². The number of nitrogens with two attached hydrogens (primary N) is 2. The van der Waals surface area contributed by atoms with Gasteiger partial charge in [-0.1, -0.05) is 152 Å². The van der Waals surface area contributed by atoms with Crippen molar-refractivity contribution in [1.29, 1.82) is 0 Å². The third-order valence-corrected chi connectivity index (χ3v) is 10.0. The molecule has 1 aliphatic heterocycles. The molecule has 4 unspecified atom stereocenters. The molecule has 0 bridgehead atoms. The van der Waals surface area contributed by atoms with E-state index in [1.165, 1.54) is 44.5 Å². The van der Waals surface area contributed by atoms with Crippen LogP contribution >= 0.6 is 0 Å². The van der Waals surface area contributed by atoms with Gasteiger partial charge in [0.1, 0.15) is 17.5 Å². The molecule has 4 atom stereocenters. The predicted molar refractivity (Wildman–Crippen MR) is 334 cm³/mol. The molecule has 4 amide bonds. The number of aryl methyl sites for hydroxylation is 4. The molecule has 4 aromatic carbocycles. The third kappa shape index (κ3) is 51.5. The van der Waals surface area contributed by atoms with Gasteiger partial charge in [0.05, 0.1) is 6.04 Å². The summed E-state index contributed by atoms with van der Waals surface area (Å²) in [5, 5.41) is 14.7. The smallest absolute Gasteiger partial charge is 0.408 e. The van der Waals surface area contributed by atoms with E-state index in [1.807, 2.05) is 138 Å². The van der Waals surface area contributed by atoms with Crippen molar-refractivity contribution in [1.82, 2.24) is 31.5 Å². The molecular weight excluding hydrogens is 1170 g/mol. The van der Waals surface area contributed by atoms with Crippen LogP contribution in [-0.4, -0.2) is 91.2 Å². The van der Waals surface area contributed by atoms with Crippen LogP contribution in [0.25, 0.3) is 0 Å². The summed E-state index contributed by atoms with van der Waals surface area (Å²) in [4.78, 5) is 53.8. The number of nitrogens with one attached hydrogen (secondary N) is 5. The first-order valence-corrected chi connectivity index (χ1v) is 28.1. The number of hydrogen-bond donors (Lipinski definition) is 7. The van der Waals surface area contributed by atoms with Crippen molar-refractivity contribution in [3.05, 3.63) is 142 Å². The van der Waals surface area contributed by atoms with E-state index in [0.717, 1.165) is 26.2 Å². The average Bonchev–Trinajstić information content (AvgIpc) is 3.73. The maximum Gasteiger partial charge on any atom is 0.408 e. The van der Waals surface area contributed by atoms with Crippen LogP contribution < -0.4 is 38.1 Å². The zero-order valence-corrected chi connectivity index (χ0v) is 59.9. The SMILES string of the molecule is CC.CC.CC.CC.CC(C=O)NC(=O)OC(C)(C)C.Cc1ccccc1CN.Cc1ccccc1CN1CC(C)NC1=O.Cc1ccccc1CNCC(C)N.Cc1ccccc1CNCC(C)NC(=O)OC(C)(C)C.[CH-]=O.[Y].[Y]. The number of urea groups is 1. The first kappa shape index (κ1) is 90.8. The molecular formula is C64H111N8O7Y2-. The quantitative estimate of drug-likeness (QED) is 0.0465. The standard InChI is InChI=1S/C16H26N2O2.C12H16N2O.C11H18N2.C8H15NO3.C8H11N.4C2H6.CHO.2Y/c1-12-8-6-7-9-14(12)11-17-10-13(2)18-15(19)20-16(3,4)5;1-9-5-3-4-6-11(9)8-14-7-10(2)13-12(14)15;1-9-5-3-4-6-11(9)8-13-7-10(2)12;1-6(5-10)9-7(11)12-8(2,3)4;1-7-4-2-3-5-8(7)6-9;5*1-2;;/h6-9,13,17H,10-11H2,1-5H3,(H,18,19);3-6,10H,7-8H2,1-2H3,(H,13,15);3-6,10,13H,7-8,12H2,1-2H3;5-6H,1-4H3,(H,9,11);2-5H,6,9H2,1H3;4*1-2H3;1H;;/q;;;;;;;;;-1;;. The van der Waals surface area contributed by atoms with Crippen molar-refractivity contribution < 1.29 is 98.9 Å². The second kappa shape index (κ2) is 56.6. The molecule has 0 saturated carbocycles. The molecule has 0 aromatic heterocycles. The third-order valence-electron chi connectivity index (χ3n) is 10.0. The van der Waals surface area contributed by atoms with Crippen molar-refractivity contribution in [3.8, 4) is 0 Å². The number of carbonyl (C=O) groups excluding carboxylic acids is 5. The van der Waals surface area contributed by atoms with E-state index in [1.54, 1.807) is 27.7 Å². The van der Waals surface area contributed by atoms with Gasteiger partial charge in [-0.05, 0) is 141 Å². The van der Waals surface area contributed by atoms with Gasteiger partial charge in [-0.2, -0.15) is 0 Å². The Morgan fingerprint density at radius 3 is 1.26 bits per heavy atom. The Balaban J connectivity index is -0.000000164. The molecule has 2 radical (unpaired) electrons. The minimum absolute atomic E-state index is 0. The predicted octanol–water partition coefficient (Wildman–Crippen LogP) is 12.7. The normalized spacial score (nSPS) is 12.4. The monoisotopic (exact) mass is 1280 g/mol. The Hall–Kier alpha value is -3.92. The van der Waals surface area contributed by atoms with Gasteiger partial charge >= 0.3 is 18.2 Å². The Morgan fingerprint density at radius 2 is 0.963 bits per heavy atom. The van der Waals surface area contributed by atoms with E-state index in [2.05, 4.69) is 122 Å². The molecule has 1 saturated heterocycles. The number of benzene rings is 4. The summed E-state index contributed by atoms with van der Waals surface area (Å²) in [6.45, 7) is 51.5. The van der Waals surface area contributed by atoms with Gasteiger partial charge in [0.2, 0.25) is 0 Å². The molecule has 5 rings (SSSR count). The molecule has 1 fully saturated rings. The fraction of sp³-hybridized carbons (Fsp3) is 0.547. The van der Waals surface area contributed by atoms with Gasteiger partial charge in [0.15, 0.2) is 0 Å². The first-order valence-electron chi connectivity index (χ1n) is 28.1. The topological polar surface area (TPSA) is 219 Å². The van der Waals surface area contributed by atoms with Crippen LogP contribution in [0, 0.1) is 27.7 Å². The Kier molecular flexibility index (Phi) is 63.4. The second-order valence-corrected chi connectivity index (χ2v) is 19.5. The van der Waals surface area contributed by atoms with E-state index < -0.39 is 23.3 Å². The Labute approximate surface area is 543 Å². The average molecular weight is 1280 g/mol. The largest absolute Gasteiger partial charge is 0.545 e. The molecule has 0 spiro atoms. The number of hydrogen-bond acceptors (Lipinski definition) is 11. The van der Waals surface area contributed by atoms with E-state index in [0.29, 0.717) is 25.9 Å². The molecule has 4 aromatic rings. The van der Waals surface area contributed by atoms with Crippen LogP contribution in [0.15, 0.2) is 97.1 Å². The van der Waals surface area contributed by atoms with E-state index >= 15 is 0 Å². The van der Waals surface area contributed by atoms with Gasteiger partial charge in [-0.3, -0.25) is 6.79 Å². The summed E-state index contributed by atoms with van der Waals surface area (Å²) in [5.74, 6) is 0. The summed E-state index contributed by atoms with van der Waals surface area (Å²) in [6, 6.07) is 33.1. The van der Waals surface area contributed by atoms with Gasteiger partial charge in [0.25, 0.3) is 0 Å². The molecule has 0 aliphatic carbocycles. The maximum absolute atomic E-state index is 11.6. The fourth-order valence-corrected chi connectivity index (χ4v) is 6.29. The number of amides is 4. The number of nitrogens with zero attached hydrogens (tertiary/aromatic N) is 1. The number of alkyl carbamates (subject to hydrolysis) is 2. The Bertz CT molecular complexity index is 2150. The van der Waals surface area contributed by atoms with Crippen molar-refractivity contribution in [2.24, 2.45) is 11.5 Å². The molecule has 17 heteroatoms. The number of aldehydes is 1. The van der Waals surface area contributed by atoms with Crippen LogP contribution in [0.4, 0.5) is 14.4 Å². The summed E-state index contributed by atoms with van der Waals surface area (Å²) in [7, 11) is 0. The van der Waals surface area contributed by atoms with Crippen LogP contribution in [0.5, 0.6) is 0 Å². The Morgan fingerprint density at radius 1 is 0.630 bits per heavy atom. The minimum atomic E-state index is -0.568. The van der Waals surface area contributed by atoms with Gasteiger partial charge < -0.3 is 62.0 Å². The zero-order valence-electron chi connectivity index (χ0n) is 54.3. The van der Waals surface area contributed by atoms with Crippen LogP contribution in [0.3, 0.4) is 0 Å². The van der Waals surface area contributed by atoms with Gasteiger partial charge in [-0.15, -0.1) is 0 Å². The van der Waals surface area contributed by atoms with Crippen LogP contribution in [-0.2, 0) is 111 Å². The molecule has 1 aliphatic rings. The van der Waals surface area contributed by atoms with Gasteiger partial charge in [-0.25, -0.2) is 14.4 Å². The molecule has 1 heterocycles. The number of ether oxygens (including phenoxy) is 2. The first-order chi connectivity index (χ1) is 37.3. The van der Waals surface area contributed by atoms with Crippen molar-refractivity contribution >= 4 is 31.3 Å². The summed E-state index contributed by atoms with van der Waals surface area (Å²) in [5.41, 5.74) is 20.3. The summed E-state index contributed by atoms with van der Waals surface area (Å²) >= 11 is 0. The van der Waals surface area contributed by atoms with E-state index in [4.69, 9.17) is 25.7 Å². The van der Waals surface area contributed by atoms with E-state index in [-0.39, 0.29) is 95.7 Å². The summed E-state index contributed by atoms with van der Waals surface area (Å²) in [6.07, 6.45) is -0.297. The number of carbonyl (C=O) groups is 4. The number of rotatable bonds is 14.